The zero-order valence-corrected chi connectivity index (χ0v) is 24.7. The largest absolute Gasteiger partial charge is 0.494 e. The highest BCUT2D eigenvalue weighted by atomic mass is 16.5. The van der Waals surface area contributed by atoms with Crippen LogP contribution in [0, 0.1) is 17.8 Å². The summed E-state index contributed by atoms with van der Waals surface area (Å²) in [5.74, 6) is -1.83. The minimum absolute atomic E-state index is 0.0292. The Kier molecular flexibility index (Phi) is 8.30. The van der Waals surface area contributed by atoms with E-state index in [2.05, 4.69) is 6.92 Å². The second kappa shape index (κ2) is 11.6. The Hall–Kier alpha value is -3.17. The number of rotatable bonds is 9. The lowest BCUT2D eigenvalue weighted by Gasteiger charge is -2.41. The van der Waals surface area contributed by atoms with Gasteiger partial charge in [0.05, 0.1) is 37.2 Å². The van der Waals surface area contributed by atoms with Gasteiger partial charge < -0.3 is 29.3 Å². The first-order valence-corrected chi connectivity index (χ1v) is 15.0. The van der Waals surface area contributed by atoms with Crippen molar-refractivity contribution < 1.29 is 29.0 Å². The first kappa shape index (κ1) is 29.3. The SMILES string of the molecule is CCCC(C)N1CC=C[C@]23O[C@H]4C=CCN(c5ccc(OCC)cc5)C(=O)[C@H]4[C@H]2C(=O)N([C@@H](CO)C(C)C)C3C1=O. The van der Waals surface area contributed by atoms with Gasteiger partial charge in [0.2, 0.25) is 17.7 Å². The molecular weight excluding hydrogens is 522 g/mol. The van der Waals surface area contributed by atoms with Crippen LogP contribution in [0.4, 0.5) is 5.69 Å². The molecule has 0 radical (unpaired) electrons. The summed E-state index contributed by atoms with van der Waals surface area (Å²) in [6.45, 7) is 10.9. The van der Waals surface area contributed by atoms with Crippen molar-refractivity contribution in [3.8, 4) is 5.75 Å². The molecule has 3 amide bonds. The molecule has 0 bridgehead atoms. The van der Waals surface area contributed by atoms with E-state index in [9.17, 15) is 19.5 Å². The Morgan fingerprint density at radius 2 is 1.76 bits per heavy atom. The van der Waals surface area contributed by atoms with Crippen molar-refractivity contribution in [2.75, 3.05) is 31.2 Å². The third kappa shape index (κ3) is 4.77. The molecule has 9 heteroatoms. The van der Waals surface area contributed by atoms with Crippen LogP contribution in [0.3, 0.4) is 0 Å². The van der Waals surface area contributed by atoms with Gasteiger partial charge >= 0.3 is 0 Å². The van der Waals surface area contributed by atoms with Crippen LogP contribution in [0.5, 0.6) is 5.75 Å². The number of fused-ring (bicyclic) bond motifs is 2. The van der Waals surface area contributed by atoms with Gasteiger partial charge in [0.1, 0.15) is 17.4 Å². The Morgan fingerprint density at radius 1 is 1.02 bits per heavy atom. The minimum atomic E-state index is -1.31. The molecule has 4 aliphatic rings. The number of benzene rings is 1. The van der Waals surface area contributed by atoms with Gasteiger partial charge in [-0.15, -0.1) is 0 Å². The maximum absolute atomic E-state index is 14.5. The molecule has 0 aliphatic carbocycles. The summed E-state index contributed by atoms with van der Waals surface area (Å²) in [5, 5.41) is 10.4. The number of carbonyl (C=O) groups is 3. The molecule has 7 atom stereocenters. The molecule has 222 valence electrons. The van der Waals surface area contributed by atoms with Crippen LogP contribution >= 0.6 is 0 Å². The first-order valence-electron chi connectivity index (χ1n) is 15.0. The molecule has 1 aromatic carbocycles. The number of carbonyl (C=O) groups excluding carboxylic acids is 3. The molecule has 2 fully saturated rings. The van der Waals surface area contributed by atoms with Crippen LogP contribution in [-0.2, 0) is 19.1 Å². The normalized spacial score (nSPS) is 30.7. The van der Waals surface area contributed by atoms with E-state index in [4.69, 9.17) is 9.47 Å². The summed E-state index contributed by atoms with van der Waals surface area (Å²) in [6, 6.07) is 5.76. The molecule has 1 aromatic rings. The number of ether oxygens (including phenoxy) is 2. The fourth-order valence-corrected chi connectivity index (χ4v) is 7.16. The average Bonchev–Trinajstić information content (AvgIpc) is 3.25. The van der Waals surface area contributed by atoms with Crippen molar-refractivity contribution in [1.82, 2.24) is 9.80 Å². The number of aliphatic hydroxyl groups excluding tert-OH is 1. The predicted octanol–water partition coefficient (Wildman–Crippen LogP) is 3.17. The standard InChI is InChI=1S/C32H43N3O6/c1-6-10-21(5)33-18-9-16-32-27(30(38)35(28(32)31(33)39)24(19-36)20(3)4)26-25(41-32)11-8-17-34(29(26)37)22-12-14-23(15-13-22)40-7-2/h8-9,11-16,20-21,24-28,36H,6-7,10,17-19H2,1-5H3/t21?,24-,25-,26+,27-,28?,32-/m0/s1. The zero-order valence-electron chi connectivity index (χ0n) is 24.7. The Bertz CT molecular complexity index is 1210. The van der Waals surface area contributed by atoms with Gasteiger partial charge in [0, 0.05) is 24.8 Å². The molecule has 41 heavy (non-hydrogen) atoms. The average molecular weight is 566 g/mol. The Balaban J connectivity index is 1.58. The fourth-order valence-electron chi connectivity index (χ4n) is 7.16. The number of hydrogen-bond donors (Lipinski definition) is 1. The summed E-state index contributed by atoms with van der Waals surface area (Å²) in [6.07, 6.45) is 8.64. The quantitative estimate of drug-likeness (QED) is 0.462. The van der Waals surface area contributed by atoms with E-state index in [1.165, 1.54) is 0 Å². The van der Waals surface area contributed by atoms with Crippen molar-refractivity contribution in [3.05, 3.63) is 48.6 Å². The maximum Gasteiger partial charge on any atom is 0.249 e. The van der Waals surface area contributed by atoms with Crippen LogP contribution in [0.1, 0.15) is 47.5 Å². The van der Waals surface area contributed by atoms with Gasteiger partial charge in [0.25, 0.3) is 0 Å². The van der Waals surface area contributed by atoms with Crippen LogP contribution in [0.15, 0.2) is 48.6 Å². The molecule has 4 aliphatic heterocycles. The summed E-state index contributed by atoms with van der Waals surface area (Å²) in [4.78, 5) is 48.3. The number of anilines is 1. The smallest absolute Gasteiger partial charge is 0.249 e. The van der Waals surface area contributed by atoms with E-state index in [1.807, 2.05) is 81.2 Å². The van der Waals surface area contributed by atoms with Crippen LogP contribution in [-0.4, -0.2) is 88.8 Å². The van der Waals surface area contributed by atoms with Crippen molar-refractivity contribution in [1.29, 1.82) is 0 Å². The minimum Gasteiger partial charge on any atom is -0.494 e. The summed E-state index contributed by atoms with van der Waals surface area (Å²) < 4.78 is 12.3. The molecule has 9 nitrogen and oxygen atoms in total. The van der Waals surface area contributed by atoms with Gasteiger partial charge in [-0.3, -0.25) is 14.4 Å². The number of aliphatic hydroxyl groups is 1. The highest BCUT2D eigenvalue weighted by molar-refractivity contribution is 6.04. The van der Waals surface area contributed by atoms with E-state index in [0.29, 0.717) is 31.1 Å². The Labute approximate surface area is 242 Å². The lowest BCUT2D eigenvalue weighted by Crippen LogP contribution is -2.60. The summed E-state index contributed by atoms with van der Waals surface area (Å²) in [5.41, 5.74) is -0.611. The van der Waals surface area contributed by atoms with Crippen molar-refractivity contribution in [2.45, 2.75) is 77.3 Å². The molecule has 2 unspecified atom stereocenters. The van der Waals surface area contributed by atoms with E-state index in [-0.39, 0.29) is 36.3 Å². The fraction of sp³-hybridized carbons (Fsp3) is 0.594. The Morgan fingerprint density at radius 3 is 2.39 bits per heavy atom. The van der Waals surface area contributed by atoms with Gasteiger partial charge in [0.15, 0.2) is 0 Å². The molecule has 4 heterocycles. The monoisotopic (exact) mass is 565 g/mol. The van der Waals surface area contributed by atoms with E-state index < -0.39 is 35.6 Å². The summed E-state index contributed by atoms with van der Waals surface area (Å²) >= 11 is 0. The number of nitrogens with zero attached hydrogens (tertiary/aromatic N) is 3. The number of likely N-dealkylation sites (tertiary alicyclic amines) is 1. The highest BCUT2D eigenvalue weighted by Crippen LogP contribution is 2.54. The molecule has 0 saturated carbocycles. The predicted molar refractivity (Wildman–Crippen MR) is 155 cm³/mol. The third-order valence-electron chi connectivity index (χ3n) is 9.14. The van der Waals surface area contributed by atoms with Crippen LogP contribution in [0.25, 0.3) is 0 Å². The molecule has 0 aromatic heterocycles. The first-order chi connectivity index (χ1) is 19.7. The molecule has 1 spiro atoms. The topological polar surface area (TPSA) is 99.6 Å². The molecular formula is C32H43N3O6. The van der Waals surface area contributed by atoms with Crippen molar-refractivity contribution in [2.24, 2.45) is 17.8 Å². The second-order valence-corrected chi connectivity index (χ2v) is 11.9. The second-order valence-electron chi connectivity index (χ2n) is 11.9. The van der Waals surface area contributed by atoms with Crippen molar-refractivity contribution in [3.63, 3.8) is 0 Å². The van der Waals surface area contributed by atoms with Crippen molar-refractivity contribution >= 4 is 23.4 Å². The lowest BCUT2D eigenvalue weighted by molar-refractivity contribution is -0.152. The highest BCUT2D eigenvalue weighted by Gasteiger charge is 2.72. The molecule has 1 N–H and O–H groups in total. The molecule has 2 saturated heterocycles. The lowest BCUT2D eigenvalue weighted by atomic mass is 9.77. The third-order valence-corrected chi connectivity index (χ3v) is 9.14. The van der Waals surface area contributed by atoms with Gasteiger partial charge in [-0.1, -0.05) is 51.5 Å². The number of amides is 3. The van der Waals surface area contributed by atoms with Crippen LogP contribution < -0.4 is 9.64 Å². The summed E-state index contributed by atoms with van der Waals surface area (Å²) in [7, 11) is 0. The van der Waals surface area contributed by atoms with Gasteiger partial charge in [-0.25, -0.2) is 0 Å². The number of hydrogen-bond acceptors (Lipinski definition) is 6. The van der Waals surface area contributed by atoms with Gasteiger partial charge in [-0.05, 0) is 50.5 Å². The maximum atomic E-state index is 14.5. The van der Waals surface area contributed by atoms with E-state index in [1.54, 1.807) is 9.80 Å². The van der Waals surface area contributed by atoms with E-state index >= 15 is 0 Å². The van der Waals surface area contributed by atoms with E-state index in [0.717, 1.165) is 12.8 Å². The van der Waals surface area contributed by atoms with Crippen LogP contribution in [0.2, 0.25) is 0 Å². The zero-order chi connectivity index (χ0) is 29.5. The van der Waals surface area contributed by atoms with Gasteiger partial charge in [-0.2, -0.15) is 0 Å². The molecule has 5 rings (SSSR count).